The molecule has 3 nitrogen and oxygen atoms in total. The minimum Gasteiger partial charge on any atom is -0.489 e. The van der Waals surface area contributed by atoms with Crippen molar-refractivity contribution >= 4 is 11.5 Å². The van der Waals surface area contributed by atoms with Crippen LogP contribution in [0.3, 0.4) is 0 Å². The lowest BCUT2D eigenvalue weighted by atomic mass is 9.98. The van der Waals surface area contributed by atoms with E-state index in [0.717, 1.165) is 42.9 Å². The molecule has 1 N–H and O–H groups in total. The van der Waals surface area contributed by atoms with Crippen molar-refractivity contribution in [3.8, 4) is 5.75 Å². The Bertz CT molecular complexity index is 929. The van der Waals surface area contributed by atoms with Gasteiger partial charge in [-0.05, 0) is 72.2 Å². The van der Waals surface area contributed by atoms with Crippen LogP contribution in [0.25, 0.3) is 5.57 Å². The number of carboxylic acid groups (broad SMARTS) is 1. The van der Waals surface area contributed by atoms with E-state index in [2.05, 4.69) is 0 Å². The van der Waals surface area contributed by atoms with Gasteiger partial charge in [0, 0.05) is 18.9 Å². The van der Waals surface area contributed by atoms with Crippen molar-refractivity contribution in [1.82, 2.24) is 0 Å². The SMILES string of the molecule is CC(F)(F)c1cc(OCC2=C(c3cccc(F)c3)CCC2)ccc1CCC(=O)O. The van der Waals surface area contributed by atoms with E-state index in [-0.39, 0.29) is 30.8 Å². The van der Waals surface area contributed by atoms with Crippen molar-refractivity contribution < 1.29 is 27.8 Å². The number of aliphatic carboxylic acids is 1. The molecule has 29 heavy (non-hydrogen) atoms. The summed E-state index contributed by atoms with van der Waals surface area (Å²) in [7, 11) is 0. The summed E-state index contributed by atoms with van der Waals surface area (Å²) in [5.41, 5.74) is 2.99. The van der Waals surface area contributed by atoms with Crippen LogP contribution in [-0.4, -0.2) is 17.7 Å². The Labute approximate surface area is 167 Å². The predicted octanol–water partition coefficient (Wildman–Crippen LogP) is 5.97. The first-order chi connectivity index (χ1) is 13.7. The first-order valence-electron chi connectivity index (χ1n) is 9.56. The Morgan fingerprint density at radius 1 is 1.17 bits per heavy atom. The zero-order valence-electron chi connectivity index (χ0n) is 16.2. The second-order valence-electron chi connectivity index (χ2n) is 7.34. The molecular formula is C23H23F3O3. The van der Waals surface area contributed by atoms with E-state index < -0.39 is 11.9 Å². The van der Waals surface area contributed by atoms with Crippen LogP contribution in [0.2, 0.25) is 0 Å². The minimum atomic E-state index is -3.10. The molecule has 154 valence electrons. The smallest absolute Gasteiger partial charge is 0.303 e. The minimum absolute atomic E-state index is 0.0310. The van der Waals surface area contributed by atoms with Crippen molar-refractivity contribution in [2.24, 2.45) is 0 Å². The van der Waals surface area contributed by atoms with E-state index in [1.54, 1.807) is 12.1 Å². The van der Waals surface area contributed by atoms with Crippen LogP contribution in [0.15, 0.2) is 48.0 Å². The Balaban J connectivity index is 1.79. The van der Waals surface area contributed by atoms with Gasteiger partial charge in [0.2, 0.25) is 0 Å². The van der Waals surface area contributed by atoms with Crippen molar-refractivity contribution in [1.29, 1.82) is 0 Å². The van der Waals surface area contributed by atoms with Gasteiger partial charge in [-0.3, -0.25) is 4.79 Å². The largest absolute Gasteiger partial charge is 0.489 e. The third-order valence-corrected chi connectivity index (χ3v) is 5.08. The molecule has 0 saturated heterocycles. The van der Waals surface area contributed by atoms with E-state index in [0.29, 0.717) is 11.3 Å². The Morgan fingerprint density at radius 3 is 2.66 bits per heavy atom. The molecule has 0 aliphatic heterocycles. The molecule has 0 fully saturated rings. The van der Waals surface area contributed by atoms with Gasteiger partial charge in [-0.1, -0.05) is 18.2 Å². The maximum atomic E-state index is 14.0. The van der Waals surface area contributed by atoms with Crippen LogP contribution >= 0.6 is 0 Å². The molecule has 0 radical (unpaired) electrons. The van der Waals surface area contributed by atoms with Crippen molar-refractivity contribution in [3.63, 3.8) is 0 Å². The standard InChI is InChI=1S/C23H23F3O3/c1-23(25,26)21-13-19(10-8-15(21)9-11-22(27)28)29-14-17-5-3-7-20(17)16-4-2-6-18(24)12-16/h2,4,6,8,10,12-13H,3,5,7,9,11,14H2,1H3,(H,27,28). The van der Waals surface area contributed by atoms with E-state index in [1.165, 1.54) is 24.3 Å². The predicted molar refractivity (Wildman–Crippen MR) is 105 cm³/mol. The summed E-state index contributed by atoms with van der Waals surface area (Å²) in [4.78, 5) is 10.8. The number of carboxylic acids is 1. The van der Waals surface area contributed by atoms with E-state index in [9.17, 15) is 18.0 Å². The number of allylic oxidation sites excluding steroid dienone is 1. The third kappa shape index (κ3) is 5.40. The van der Waals surface area contributed by atoms with Gasteiger partial charge in [0.15, 0.2) is 0 Å². The van der Waals surface area contributed by atoms with Crippen LogP contribution in [0, 0.1) is 5.82 Å². The van der Waals surface area contributed by atoms with Gasteiger partial charge in [0.25, 0.3) is 5.92 Å². The topological polar surface area (TPSA) is 46.5 Å². The molecule has 6 heteroatoms. The normalized spacial score (nSPS) is 14.3. The fourth-order valence-electron chi connectivity index (χ4n) is 3.67. The zero-order chi connectivity index (χ0) is 21.0. The van der Waals surface area contributed by atoms with E-state index in [4.69, 9.17) is 9.84 Å². The maximum Gasteiger partial charge on any atom is 0.303 e. The van der Waals surface area contributed by atoms with E-state index >= 15 is 0 Å². The summed E-state index contributed by atoms with van der Waals surface area (Å²) < 4.78 is 47.4. The second kappa shape index (κ2) is 8.72. The summed E-state index contributed by atoms with van der Waals surface area (Å²) >= 11 is 0. The van der Waals surface area contributed by atoms with Gasteiger partial charge >= 0.3 is 5.97 Å². The summed E-state index contributed by atoms with van der Waals surface area (Å²) in [6.07, 6.45) is 2.40. The molecule has 2 aromatic rings. The van der Waals surface area contributed by atoms with Gasteiger partial charge in [-0.2, -0.15) is 0 Å². The number of hydrogen-bond donors (Lipinski definition) is 1. The monoisotopic (exact) mass is 404 g/mol. The quantitative estimate of drug-likeness (QED) is 0.590. The molecule has 1 aliphatic rings. The van der Waals surface area contributed by atoms with Crippen molar-refractivity contribution in [2.45, 2.75) is 45.0 Å². The molecule has 2 aromatic carbocycles. The van der Waals surface area contributed by atoms with Gasteiger partial charge in [0.05, 0.1) is 0 Å². The van der Waals surface area contributed by atoms with Crippen molar-refractivity contribution in [3.05, 3.63) is 70.5 Å². The average Bonchev–Trinajstić information content (AvgIpc) is 3.13. The molecule has 0 saturated carbocycles. The number of hydrogen-bond acceptors (Lipinski definition) is 2. The molecule has 0 aromatic heterocycles. The second-order valence-corrected chi connectivity index (χ2v) is 7.34. The number of aryl methyl sites for hydroxylation is 1. The molecular weight excluding hydrogens is 381 g/mol. The van der Waals surface area contributed by atoms with Gasteiger partial charge in [-0.25, -0.2) is 13.2 Å². The first kappa shape index (κ1) is 21.0. The molecule has 0 spiro atoms. The molecule has 0 unspecified atom stereocenters. The Hall–Kier alpha value is -2.76. The highest BCUT2D eigenvalue weighted by molar-refractivity contribution is 5.71. The van der Waals surface area contributed by atoms with Crippen LogP contribution in [0.5, 0.6) is 5.75 Å². The Kier molecular flexibility index (Phi) is 6.30. The average molecular weight is 404 g/mol. The molecule has 0 heterocycles. The van der Waals surface area contributed by atoms with Gasteiger partial charge < -0.3 is 9.84 Å². The van der Waals surface area contributed by atoms with Crippen molar-refractivity contribution in [2.75, 3.05) is 6.61 Å². The fourth-order valence-corrected chi connectivity index (χ4v) is 3.67. The van der Waals surface area contributed by atoms with Gasteiger partial charge in [0.1, 0.15) is 18.2 Å². The maximum absolute atomic E-state index is 14.0. The summed E-state index contributed by atoms with van der Waals surface area (Å²) in [5, 5.41) is 8.82. The summed E-state index contributed by atoms with van der Waals surface area (Å²) in [6.45, 7) is 1.03. The molecule has 0 bridgehead atoms. The first-order valence-corrected chi connectivity index (χ1v) is 9.56. The van der Waals surface area contributed by atoms with Crippen LogP contribution in [0.4, 0.5) is 13.2 Å². The fraction of sp³-hybridized carbons (Fsp3) is 0.348. The van der Waals surface area contributed by atoms with Crippen LogP contribution < -0.4 is 4.74 Å². The number of benzene rings is 2. The lowest BCUT2D eigenvalue weighted by molar-refractivity contribution is -0.137. The highest BCUT2D eigenvalue weighted by atomic mass is 19.3. The number of carbonyl (C=O) groups is 1. The van der Waals surface area contributed by atoms with E-state index in [1.807, 2.05) is 6.07 Å². The van der Waals surface area contributed by atoms with Gasteiger partial charge in [-0.15, -0.1) is 0 Å². The molecule has 0 amide bonds. The zero-order valence-corrected chi connectivity index (χ0v) is 16.2. The van der Waals surface area contributed by atoms with Crippen LogP contribution in [0.1, 0.15) is 49.3 Å². The third-order valence-electron chi connectivity index (χ3n) is 5.08. The number of ether oxygens (including phenoxy) is 1. The molecule has 0 atom stereocenters. The number of halogens is 3. The summed E-state index contributed by atoms with van der Waals surface area (Å²) in [5.74, 6) is -4.13. The van der Waals surface area contributed by atoms with Crippen LogP contribution in [-0.2, 0) is 17.1 Å². The number of alkyl halides is 2. The molecule has 3 rings (SSSR count). The Morgan fingerprint density at radius 2 is 1.97 bits per heavy atom. The number of rotatable bonds is 8. The summed E-state index contributed by atoms with van der Waals surface area (Å²) in [6, 6.07) is 10.8. The lowest BCUT2D eigenvalue weighted by Crippen LogP contribution is -2.13. The molecule has 1 aliphatic carbocycles. The lowest BCUT2D eigenvalue weighted by Gasteiger charge is -2.18. The highest BCUT2D eigenvalue weighted by Gasteiger charge is 2.28. The highest BCUT2D eigenvalue weighted by Crippen LogP contribution is 2.36.